The van der Waals surface area contributed by atoms with E-state index in [0.717, 1.165) is 12.4 Å². The number of halogens is 2. The van der Waals surface area contributed by atoms with Crippen molar-refractivity contribution >= 4 is 33.0 Å². The molecule has 0 aliphatic heterocycles. The Kier molecular flexibility index (Phi) is 5.49. The Labute approximate surface area is 151 Å². The first-order valence-electron chi connectivity index (χ1n) is 7.43. The number of amides is 1. The molecule has 0 spiro atoms. The Morgan fingerprint density at radius 3 is 2.60 bits per heavy atom. The normalized spacial score (nSPS) is 12.0. The molecule has 1 heterocycles. The van der Waals surface area contributed by atoms with Gasteiger partial charge in [0, 0.05) is 11.9 Å². The van der Waals surface area contributed by atoms with Crippen molar-refractivity contribution < 1.29 is 17.6 Å². The van der Waals surface area contributed by atoms with Gasteiger partial charge in [0.2, 0.25) is 0 Å². The van der Waals surface area contributed by atoms with Gasteiger partial charge in [-0.25, -0.2) is 12.8 Å². The molecule has 1 aromatic carbocycles. The molecule has 2 aromatic rings. The minimum absolute atomic E-state index is 0.102. The lowest BCUT2D eigenvalue weighted by atomic mass is 10.2. The number of aromatic nitrogens is 1. The Bertz CT molecular complexity index is 908. The number of pyridine rings is 1. The van der Waals surface area contributed by atoms with Gasteiger partial charge in [-0.1, -0.05) is 23.7 Å². The summed E-state index contributed by atoms with van der Waals surface area (Å²) in [6.07, 6.45) is 2.08. The SMILES string of the molecule is CC(C)(C)S(=O)(=O)Cc1cccc(NC(=O)c2cncc(F)c2Cl)c1. The minimum atomic E-state index is -3.35. The molecular weight excluding hydrogens is 367 g/mol. The molecule has 0 saturated heterocycles. The number of hydrogen-bond donors (Lipinski definition) is 1. The van der Waals surface area contributed by atoms with Gasteiger partial charge in [0.05, 0.1) is 27.3 Å². The number of carbonyl (C=O) groups excluding carboxylic acids is 1. The summed E-state index contributed by atoms with van der Waals surface area (Å²) < 4.78 is 37.1. The molecule has 1 aromatic heterocycles. The lowest BCUT2D eigenvalue weighted by molar-refractivity contribution is 0.102. The molecule has 0 saturated carbocycles. The van der Waals surface area contributed by atoms with Gasteiger partial charge in [0.1, 0.15) is 0 Å². The van der Waals surface area contributed by atoms with E-state index in [9.17, 15) is 17.6 Å². The molecule has 0 bridgehead atoms. The van der Waals surface area contributed by atoms with Gasteiger partial charge >= 0.3 is 0 Å². The van der Waals surface area contributed by atoms with Crippen LogP contribution in [0, 0.1) is 5.82 Å². The molecule has 5 nitrogen and oxygen atoms in total. The molecule has 0 radical (unpaired) electrons. The van der Waals surface area contributed by atoms with Gasteiger partial charge in [0.25, 0.3) is 5.91 Å². The van der Waals surface area contributed by atoms with Crippen LogP contribution in [0.5, 0.6) is 0 Å². The topological polar surface area (TPSA) is 76.1 Å². The summed E-state index contributed by atoms with van der Waals surface area (Å²) in [6.45, 7) is 4.90. The summed E-state index contributed by atoms with van der Waals surface area (Å²) in [5, 5.41) is 2.25. The summed E-state index contributed by atoms with van der Waals surface area (Å²) in [4.78, 5) is 15.8. The number of hydrogen-bond acceptors (Lipinski definition) is 4. The van der Waals surface area contributed by atoms with Crippen LogP contribution in [0.2, 0.25) is 5.02 Å². The van der Waals surface area contributed by atoms with Crippen molar-refractivity contribution in [2.45, 2.75) is 31.3 Å². The summed E-state index contributed by atoms with van der Waals surface area (Å²) in [6, 6.07) is 6.46. The van der Waals surface area contributed by atoms with Crippen molar-refractivity contribution in [3.63, 3.8) is 0 Å². The molecule has 1 amide bonds. The first-order valence-corrected chi connectivity index (χ1v) is 9.46. The Hall–Kier alpha value is -1.99. The van der Waals surface area contributed by atoms with Crippen LogP contribution in [0.25, 0.3) is 0 Å². The van der Waals surface area contributed by atoms with E-state index < -0.39 is 26.3 Å². The second kappa shape index (κ2) is 7.09. The molecule has 8 heteroatoms. The molecule has 25 heavy (non-hydrogen) atoms. The van der Waals surface area contributed by atoms with Gasteiger partial charge in [-0.3, -0.25) is 9.78 Å². The van der Waals surface area contributed by atoms with Crippen LogP contribution in [0.3, 0.4) is 0 Å². The van der Waals surface area contributed by atoms with Crippen LogP contribution >= 0.6 is 11.6 Å². The number of sulfone groups is 1. The molecule has 1 N–H and O–H groups in total. The van der Waals surface area contributed by atoms with Crippen LogP contribution < -0.4 is 5.32 Å². The van der Waals surface area contributed by atoms with Gasteiger partial charge in [0.15, 0.2) is 15.7 Å². The summed E-state index contributed by atoms with van der Waals surface area (Å²) in [5.74, 6) is -1.57. The first kappa shape index (κ1) is 19.3. The molecular formula is C17H18ClFN2O3S. The van der Waals surface area contributed by atoms with Gasteiger partial charge < -0.3 is 5.32 Å². The number of benzene rings is 1. The zero-order valence-electron chi connectivity index (χ0n) is 14.0. The molecule has 0 atom stereocenters. The highest BCUT2D eigenvalue weighted by Crippen LogP contribution is 2.23. The maximum absolute atomic E-state index is 13.4. The first-order chi connectivity index (χ1) is 11.5. The molecule has 0 unspecified atom stereocenters. The molecule has 0 aliphatic carbocycles. The van der Waals surface area contributed by atoms with E-state index in [0.29, 0.717) is 11.3 Å². The fourth-order valence-corrected chi connectivity index (χ4v) is 3.19. The van der Waals surface area contributed by atoms with Crippen LogP contribution in [0.4, 0.5) is 10.1 Å². The van der Waals surface area contributed by atoms with E-state index in [-0.39, 0.29) is 16.3 Å². The average molecular weight is 385 g/mol. The smallest absolute Gasteiger partial charge is 0.258 e. The maximum Gasteiger partial charge on any atom is 0.258 e. The largest absolute Gasteiger partial charge is 0.322 e. The standard InChI is InChI=1S/C17H18ClFN2O3S/c1-17(2,3)25(23,24)10-11-5-4-6-12(7-11)21-16(22)13-8-20-9-14(19)15(13)18/h4-9H,10H2,1-3H3,(H,21,22). The fourth-order valence-electron chi connectivity index (χ4n) is 1.95. The minimum Gasteiger partial charge on any atom is -0.322 e. The summed E-state index contributed by atoms with van der Waals surface area (Å²) in [7, 11) is -3.35. The second-order valence-electron chi connectivity index (χ2n) is 6.51. The Morgan fingerprint density at radius 2 is 1.96 bits per heavy atom. The molecule has 0 fully saturated rings. The second-order valence-corrected chi connectivity index (χ2v) is 9.63. The van der Waals surface area contributed by atoms with E-state index in [2.05, 4.69) is 10.3 Å². The average Bonchev–Trinajstić information content (AvgIpc) is 2.48. The Morgan fingerprint density at radius 1 is 1.28 bits per heavy atom. The van der Waals surface area contributed by atoms with Crippen LogP contribution in [0.1, 0.15) is 36.7 Å². The highest BCUT2D eigenvalue weighted by Gasteiger charge is 2.29. The van der Waals surface area contributed by atoms with Crippen molar-refractivity contribution in [3.8, 4) is 0 Å². The lowest BCUT2D eigenvalue weighted by Gasteiger charge is -2.19. The fraction of sp³-hybridized carbons (Fsp3) is 0.294. The monoisotopic (exact) mass is 384 g/mol. The van der Waals surface area contributed by atoms with Crippen molar-refractivity contribution in [1.29, 1.82) is 0 Å². The van der Waals surface area contributed by atoms with Crippen molar-refractivity contribution in [3.05, 3.63) is 58.6 Å². The maximum atomic E-state index is 13.4. The third kappa shape index (κ3) is 4.55. The number of anilines is 1. The van der Waals surface area contributed by atoms with Crippen molar-refractivity contribution in [2.75, 3.05) is 5.32 Å². The summed E-state index contributed by atoms with van der Waals surface area (Å²) >= 11 is 5.77. The highest BCUT2D eigenvalue weighted by atomic mass is 35.5. The van der Waals surface area contributed by atoms with Crippen LogP contribution in [-0.2, 0) is 15.6 Å². The number of nitrogens with zero attached hydrogens (tertiary/aromatic N) is 1. The number of nitrogens with one attached hydrogen (secondary N) is 1. The number of rotatable bonds is 4. The Balaban J connectivity index is 2.22. The van der Waals surface area contributed by atoms with E-state index in [1.54, 1.807) is 45.0 Å². The third-order valence-corrected chi connectivity index (χ3v) is 6.52. The van der Waals surface area contributed by atoms with Gasteiger partial charge in [-0.15, -0.1) is 0 Å². The quantitative estimate of drug-likeness (QED) is 0.868. The predicted molar refractivity (Wildman–Crippen MR) is 96.0 cm³/mol. The van der Waals surface area contributed by atoms with Gasteiger partial charge in [-0.2, -0.15) is 0 Å². The number of carbonyl (C=O) groups is 1. The molecule has 134 valence electrons. The van der Waals surface area contributed by atoms with Crippen molar-refractivity contribution in [2.24, 2.45) is 0 Å². The van der Waals surface area contributed by atoms with Gasteiger partial charge in [-0.05, 0) is 38.5 Å². The molecule has 2 rings (SSSR count). The van der Waals surface area contributed by atoms with E-state index >= 15 is 0 Å². The van der Waals surface area contributed by atoms with E-state index in [1.807, 2.05) is 0 Å². The van der Waals surface area contributed by atoms with Crippen molar-refractivity contribution in [1.82, 2.24) is 4.98 Å². The zero-order chi connectivity index (χ0) is 18.8. The van der Waals surface area contributed by atoms with Crippen LogP contribution in [0.15, 0.2) is 36.7 Å². The van der Waals surface area contributed by atoms with E-state index in [1.165, 1.54) is 0 Å². The lowest BCUT2D eigenvalue weighted by Crippen LogP contribution is -2.29. The zero-order valence-corrected chi connectivity index (χ0v) is 15.6. The van der Waals surface area contributed by atoms with E-state index in [4.69, 9.17) is 11.6 Å². The molecule has 0 aliphatic rings. The highest BCUT2D eigenvalue weighted by molar-refractivity contribution is 7.91. The van der Waals surface area contributed by atoms with Crippen LogP contribution in [-0.4, -0.2) is 24.1 Å². The summed E-state index contributed by atoms with van der Waals surface area (Å²) in [5.41, 5.74) is 0.817. The third-order valence-electron chi connectivity index (χ3n) is 3.56. The predicted octanol–water partition coefficient (Wildman–Crippen LogP) is 3.84.